The molecule has 0 aliphatic carbocycles. The molecule has 1 heterocycles. The highest BCUT2D eigenvalue weighted by Gasteiger charge is 2.20. The van der Waals surface area contributed by atoms with Crippen LogP contribution in [0.15, 0.2) is 17.5 Å². The van der Waals surface area contributed by atoms with E-state index in [9.17, 15) is 14.4 Å². The van der Waals surface area contributed by atoms with E-state index in [1.807, 2.05) is 0 Å². The molecule has 2 rings (SSSR count). The summed E-state index contributed by atoms with van der Waals surface area (Å²) in [5.74, 6) is -1.26. The summed E-state index contributed by atoms with van der Waals surface area (Å²) in [6.45, 7) is 1.53. The van der Waals surface area contributed by atoms with Crippen LogP contribution < -0.4 is 25.3 Å². The number of hydrogen-bond acceptors (Lipinski definition) is 9. The molecule has 150 valence electrons. The van der Waals surface area contributed by atoms with Crippen molar-refractivity contribution in [1.29, 1.82) is 0 Å². The second kappa shape index (κ2) is 9.55. The summed E-state index contributed by atoms with van der Waals surface area (Å²) < 4.78 is 20.6. The van der Waals surface area contributed by atoms with Crippen LogP contribution in [0.5, 0.6) is 17.2 Å². The second-order valence-electron chi connectivity index (χ2n) is 5.18. The van der Waals surface area contributed by atoms with E-state index in [0.29, 0.717) is 0 Å². The molecule has 3 N–H and O–H groups in total. The van der Waals surface area contributed by atoms with Gasteiger partial charge in [-0.3, -0.25) is 14.9 Å². The van der Waals surface area contributed by atoms with Gasteiger partial charge in [-0.05, 0) is 19.1 Å². The number of nitrogens with two attached hydrogens (primary N) is 1. The van der Waals surface area contributed by atoms with Crippen LogP contribution in [0.1, 0.15) is 27.8 Å². The van der Waals surface area contributed by atoms with Crippen molar-refractivity contribution in [3.05, 3.63) is 28.8 Å². The smallest absolute Gasteiger partial charge is 0.357 e. The van der Waals surface area contributed by atoms with Crippen LogP contribution in [0.2, 0.25) is 0 Å². The lowest BCUT2D eigenvalue weighted by molar-refractivity contribution is -0.120. The number of hydrogen-bond donors (Lipinski definition) is 2. The number of nitrogens with zero attached hydrogens (tertiary/aromatic N) is 1. The van der Waals surface area contributed by atoms with Gasteiger partial charge in [0.05, 0.1) is 20.8 Å². The van der Waals surface area contributed by atoms with Crippen LogP contribution in [-0.2, 0) is 9.53 Å². The summed E-state index contributed by atoms with van der Waals surface area (Å²) in [5.41, 5.74) is 5.37. The first kappa shape index (κ1) is 21.0. The summed E-state index contributed by atoms with van der Waals surface area (Å²) in [5, 5.41) is 4.29. The maximum absolute atomic E-state index is 12.5. The molecule has 0 saturated heterocycles. The number of anilines is 1. The molecule has 28 heavy (non-hydrogen) atoms. The first-order valence-corrected chi connectivity index (χ1v) is 8.88. The Morgan fingerprint density at radius 3 is 2.36 bits per heavy atom. The van der Waals surface area contributed by atoms with Crippen molar-refractivity contribution < 1.29 is 33.3 Å². The number of thiazole rings is 1. The minimum absolute atomic E-state index is 0.104. The minimum atomic E-state index is -0.674. The molecule has 0 fully saturated rings. The lowest BCUT2D eigenvalue weighted by Gasteiger charge is -2.15. The number of carbonyl (C=O) groups is 3. The number of benzene rings is 1. The van der Waals surface area contributed by atoms with Gasteiger partial charge in [-0.1, -0.05) is 0 Å². The van der Waals surface area contributed by atoms with E-state index in [0.717, 1.165) is 11.3 Å². The van der Waals surface area contributed by atoms with Crippen molar-refractivity contribution >= 4 is 34.3 Å². The average Bonchev–Trinajstić information content (AvgIpc) is 3.14. The first-order valence-electron chi connectivity index (χ1n) is 8.00. The van der Waals surface area contributed by atoms with Gasteiger partial charge in [0.25, 0.3) is 11.8 Å². The summed E-state index contributed by atoms with van der Waals surface area (Å²) in [6.07, 6.45) is 0. The number of amides is 2. The van der Waals surface area contributed by atoms with Gasteiger partial charge in [-0.25, -0.2) is 9.78 Å². The summed E-state index contributed by atoms with van der Waals surface area (Å²) in [4.78, 5) is 39.2. The summed E-state index contributed by atoms with van der Waals surface area (Å²) in [7, 11) is 2.75. The van der Waals surface area contributed by atoms with Crippen molar-refractivity contribution in [2.24, 2.45) is 5.73 Å². The predicted octanol–water partition coefficient (Wildman–Crippen LogP) is 1.45. The molecule has 0 aliphatic rings. The zero-order chi connectivity index (χ0) is 20.7. The van der Waals surface area contributed by atoms with Crippen LogP contribution in [0.3, 0.4) is 0 Å². The molecule has 0 unspecified atom stereocenters. The van der Waals surface area contributed by atoms with E-state index in [2.05, 4.69) is 10.3 Å². The number of esters is 1. The van der Waals surface area contributed by atoms with Crippen molar-refractivity contribution in [3.63, 3.8) is 0 Å². The molecule has 0 radical (unpaired) electrons. The highest BCUT2D eigenvalue weighted by molar-refractivity contribution is 7.14. The average molecular weight is 409 g/mol. The molecule has 0 bridgehead atoms. The lowest BCUT2D eigenvalue weighted by Crippen LogP contribution is -2.20. The fourth-order valence-corrected chi connectivity index (χ4v) is 2.77. The fourth-order valence-electron chi connectivity index (χ4n) is 2.10. The van der Waals surface area contributed by atoms with Crippen LogP contribution >= 0.6 is 11.3 Å². The molecular weight excluding hydrogens is 390 g/mol. The van der Waals surface area contributed by atoms with Crippen molar-refractivity contribution in [3.8, 4) is 17.2 Å². The molecule has 0 spiro atoms. The van der Waals surface area contributed by atoms with E-state index in [1.54, 1.807) is 6.92 Å². The number of primary amides is 1. The first-order chi connectivity index (χ1) is 13.4. The fraction of sp³-hybridized carbons (Fsp3) is 0.294. The zero-order valence-electron chi connectivity index (χ0n) is 15.4. The van der Waals surface area contributed by atoms with Crippen LogP contribution in [0.25, 0.3) is 0 Å². The molecule has 0 saturated carbocycles. The quantitative estimate of drug-likeness (QED) is 0.593. The van der Waals surface area contributed by atoms with Gasteiger partial charge in [0.1, 0.15) is 0 Å². The monoisotopic (exact) mass is 409 g/mol. The Kier molecular flexibility index (Phi) is 7.15. The van der Waals surface area contributed by atoms with Gasteiger partial charge >= 0.3 is 5.97 Å². The molecule has 0 atom stereocenters. The number of nitrogens with one attached hydrogen (secondary N) is 1. The highest BCUT2D eigenvalue weighted by atomic mass is 32.1. The van der Waals surface area contributed by atoms with E-state index in [-0.39, 0.29) is 46.9 Å². The molecule has 2 amide bonds. The van der Waals surface area contributed by atoms with E-state index in [4.69, 9.17) is 24.7 Å². The SMILES string of the molecule is CCOC(=O)c1csc(NC(=O)c2cc(OC)c(OCC(N)=O)c(OC)c2)n1. The lowest BCUT2D eigenvalue weighted by atomic mass is 10.1. The minimum Gasteiger partial charge on any atom is -0.493 e. The topological polar surface area (TPSA) is 139 Å². The van der Waals surface area contributed by atoms with Gasteiger partial charge in [-0.2, -0.15) is 0 Å². The number of carbonyl (C=O) groups excluding carboxylic acids is 3. The van der Waals surface area contributed by atoms with Gasteiger partial charge in [-0.15, -0.1) is 11.3 Å². The maximum atomic E-state index is 12.5. The number of methoxy groups -OCH3 is 2. The molecule has 11 heteroatoms. The highest BCUT2D eigenvalue weighted by Crippen LogP contribution is 2.38. The summed E-state index contributed by atoms with van der Waals surface area (Å²) in [6, 6.07) is 2.82. The number of aromatic nitrogens is 1. The maximum Gasteiger partial charge on any atom is 0.357 e. The van der Waals surface area contributed by atoms with E-state index in [1.165, 1.54) is 31.7 Å². The molecule has 2 aromatic rings. The largest absolute Gasteiger partial charge is 0.493 e. The number of ether oxygens (including phenoxy) is 4. The Hall–Kier alpha value is -3.34. The van der Waals surface area contributed by atoms with Crippen LogP contribution in [0, 0.1) is 0 Å². The van der Waals surface area contributed by atoms with Crippen molar-refractivity contribution in [2.75, 3.05) is 32.8 Å². The van der Waals surface area contributed by atoms with Gasteiger partial charge in [0, 0.05) is 10.9 Å². The van der Waals surface area contributed by atoms with Gasteiger partial charge < -0.3 is 24.7 Å². The molecular formula is C17H19N3O7S. The second-order valence-corrected chi connectivity index (χ2v) is 6.04. The predicted molar refractivity (Wildman–Crippen MR) is 100 cm³/mol. The van der Waals surface area contributed by atoms with Crippen LogP contribution in [-0.4, -0.2) is 50.2 Å². The Bertz CT molecular complexity index is 856. The number of rotatable bonds is 9. The van der Waals surface area contributed by atoms with E-state index < -0.39 is 17.8 Å². The third-order valence-electron chi connectivity index (χ3n) is 3.29. The van der Waals surface area contributed by atoms with Gasteiger partial charge in [0.2, 0.25) is 5.75 Å². The normalized spacial score (nSPS) is 10.1. The van der Waals surface area contributed by atoms with E-state index >= 15 is 0 Å². The van der Waals surface area contributed by atoms with Crippen LogP contribution in [0.4, 0.5) is 5.13 Å². The summed E-state index contributed by atoms with van der Waals surface area (Å²) >= 11 is 1.08. The van der Waals surface area contributed by atoms with Gasteiger partial charge in [0.15, 0.2) is 28.9 Å². The Morgan fingerprint density at radius 2 is 1.82 bits per heavy atom. The Balaban J connectivity index is 2.23. The van der Waals surface area contributed by atoms with Crippen molar-refractivity contribution in [2.45, 2.75) is 6.92 Å². The Labute approximate surface area is 164 Å². The Morgan fingerprint density at radius 1 is 1.18 bits per heavy atom. The molecule has 10 nitrogen and oxygen atoms in total. The third kappa shape index (κ3) is 5.10. The molecule has 0 aliphatic heterocycles. The molecule has 1 aromatic carbocycles. The standard InChI is InChI=1S/C17H19N3O7S/c1-4-26-16(23)10-8-28-17(19-10)20-15(22)9-5-11(24-2)14(12(6-9)25-3)27-7-13(18)21/h5-6,8H,4,7H2,1-3H3,(H2,18,21)(H,19,20,22). The van der Waals surface area contributed by atoms with Crippen molar-refractivity contribution in [1.82, 2.24) is 4.98 Å². The molecule has 1 aromatic heterocycles. The third-order valence-corrected chi connectivity index (χ3v) is 4.05. The zero-order valence-corrected chi connectivity index (χ0v) is 16.3.